The number of ketones is 2. The number of nitrogens with zero attached hydrogens (tertiary/aromatic N) is 1. The standard InChI is InChI=1S/C22H25N3O9S/c1-25(2)16-10-7-8-6-9-11(24-35(3,33)34)4-5-12(26)14(9)17(27)13(8)19(29)22(10,32)20(30)15(18(16)28)21(23)31/h4-5,8,10,16,24,26,28-29,32H,6-7H2,1-3H3,(H2,23,31)/t8-,10-,16-,22-/m0/s1. The molecule has 0 saturated heterocycles. The second-order valence-electron chi connectivity index (χ2n) is 9.32. The van der Waals surface area contributed by atoms with Crippen molar-refractivity contribution < 1.29 is 43.2 Å². The molecule has 4 rings (SSSR count). The minimum atomic E-state index is -3.74. The molecule has 0 aromatic heterocycles. The van der Waals surface area contributed by atoms with E-state index in [4.69, 9.17) is 5.73 Å². The van der Waals surface area contributed by atoms with Gasteiger partial charge in [0.25, 0.3) is 5.91 Å². The van der Waals surface area contributed by atoms with Gasteiger partial charge in [-0.15, -0.1) is 0 Å². The third kappa shape index (κ3) is 3.49. The second kappa shape index (κ2) is 7.80. The van der Waals surface area contributed by atoms with Crippen LogP contribution >= 0.6 is 0 Å². The van der Waals surface area contributed by atoms with Gasteiger partial charge in [0.15, 0.2) is 11.4 Å². The minimum Gasteiger partial charge on any atom is -0.510 e. The highest BCUT2D eigenvalue weighted by atomic mass is 32.2. The number of carbonyl (C=O) groups excluding carboxylic acids is 3. The van der Waals surface area contributed by atoms with E-state index < -0.39 is 73.8 Å². The highest BCUT2D eigenvalue weighted by Crippen LogP contribution is 2.52. The molecule has 12 nitrogen and oxygen atoms in total. The second-order valence-corrected chi connectivity index (χ2v) is 11.1. The van der Waals surface area contributed by atoms with E-state index in [9.17, 15) is 43.2 Å². The average molecular weight is 508 g/mol. The fourth-order valence-electron chi connectivity index (χ4n) is 5.55. The van der Waals surface area contributed by atoms with Gasteiger partial charge in [0.05, 0.1) is 23.5 Å². The Morgan fingerprint density at radius 2 is 1.83 bits per heavy atom. The van der Waals surface area contributed by atoms with Gasteiger partial charge in [0.1, 0.15) is 22.8 Å². The molecule has 0 bridgehead atoms. The zero-order valence-electron chi connectivity index (χ0n) is 19.1. The van der Waals surface area contributed by atoms with Crippen LogP contribution in [-0.4, -0.2) is 83.2 Å². The topological polar surface area (TPSA) is 208 Å². The summed E-state index contributed by atoms with van der Waals surface area (Å²) < 4.78 is 26.0. The van der Waals surface area contributed by atoms with Crippen LogP contribution in [0.15, 0.2) is 34.8 Å². The summed E-state index contributed by atoms with van der Waals surface area (Å²) in [6.45, 7) is 0. The molecule has 0 unspecified atom stereocenters. The smallest absolute Gasteiger partial charge is 0.255 e. The molecular formula is C22H25N3O9S. The van der Waals surface area contributed by atoms with Crippen LogP contribution in [0.4, 0.5) is 5.69 Å². The van der Waals surface area contributed by atoms with Crippen LogP contribution in [0.25, 0.3) is 0 Å². The number of benzene rings is 1. The van der Waals surface area contributed by atoms with E-state index >= 15 is 0 Å². The van der Waals surface area contributed by atoms with Gasteiger partial charge in [-0.1, -0.05) is 0 Å². The Morgan fingerprint density at radius 1 is 1.20 bits per heavy atom. The molecule has 0 saturated carbocycles. The summed E-state index contributed by atoms with van der Waals surface area (Å²) in [5.41, 5.74) is 1.32. The monoisotopic (exact) mass is 507 g/mol. The first-order valence-corrected chi connectivity index (χ1v) is 12.5. The van der Waals surface area contributed by atoms with E-state index in [0.717, 1.165) is 12.3 Å². The van der Waals surface area contributed by atoms with Gasteiger partial charge in [-0.3, -0.25) is 24.0 Å². The lowest BCUT2D eigenvalue weighted by Gasteiger charge is -2.50. The molecule has 3 aliphatic carbocycles. The van der Waals surface area contributed by atoms with E-state index in [-0.39, 0.29) is 35.2 Å². The zero-order chi connectivity index (χ0) is 26.2. The molecule has 13 heteroatoms. The predicted octanol–water partition coefficient (Wildman–Crippen LogP) is -0.508. The quantitative estimate of drug-likeness (QED) is 0.227. The highest BCUT2D eigenvalue weighted by molar-refractivity contribution is 7.92. The first-order valence-electron chi connectivity index (χ1n) is 10.6. The molecule has 7 N–H and O–H groups in total. The Bertz CT molecular complexity index is 1360. The summed E-state index contributed by atoms with van der Waals surface area (Å²) in [7, 11) is -0.683. The molecule has 0 aliphatic heterocycles. The van der Waals surface area contributed by atoms with Crippen molar-refractivity contribution >= 4 is 33.2 Å². The van der Waals surface area contributed by atoms with E-state index in [1.807, 2.05) is 0 Å². The van der Waals surface area contributed by atoms with Crippen molar-refractivity contribution in [3.63, 3.8) is 0 Å². The van der Waals surface area contributed by atoms with Crippen LogP contribution in [0.2, 0.25) is 0 Å². The van der Waals surface area contributed by atoms with Gasteiger partial charge in [0.2, 0.25) is 15.8 Å². The van der Waals surface area contributed by atoms with Crippen molar-refractivity contribution in [1.82, 2.24) is 4.90 Å². The summed E-state index contributed by atoms with van der Waals surface area (Å²) in [5.74, 6) is -7.64. The minimum absolute atomic E-state index is 0.0270. The summed E-state index contributed by atoms with van der Waals surface area (Å²) in [4.78, 5) is 40.1. The molecule has 1 aromatic carbocycles. The average Bonchev–Trinajstić information content (AvgIpc) is 2.71. The molecule has 0 fully saturated rings. The normalized spacial score (nSPS) is 28.5. The maximum Gasteiger partial charge on any atom is 0.255 e. The molecule has 0 radical (unpaired) electrons. The number of carbonyl (C=O) groups is 3. The maximum absolute atomic E-state index is 13.5. The van der Waals surface area contributed by atoms with E-state index in [0.29, 0.717) is 0 Å². The Labute approximate surface area is 200 Å². The Kier molecular flexibility index (Phi) is 5.50. The number of likely N-dealkylation sites (N-methyl/N-ethyl adjacent to an activating group) is 1. The van der Waals surface area contributed by atoms with Gasteiger partial charge in [-0.25, -0.2) is 8.42 Å². The number of phenols is 1. The van der Waals surface area contributed by atoms with Crippen molar-refractivity contribution in [2.45, 2.75) is 24.5 Å². The molecular weight excluding hydrogens is 482 g/mol. The summed E-state index contributed by atoms with van der Waals surface area (Å²) >= 11 is 0. The van der Waals surface area contributed by atoms with Crippen LogP contribution in [-0.2, 0) is 26.0 Å². The number of aliphatic hydroxyl groups is 3. The number of sulfonamides is 1. The van der Waals surface area contributed by atoms with E-state index in [1.165, 1.54) is 25.1 Å². The first kappa shape index (κ1) is 24.7. The van der Waals surface area contributed by atoms with Gasteiger partial charge < -0.3 is 26.2 Å². The highest BCUT2D eigenvalue weighted by Gasteiger charge is 2.63. The number of phenolic OH excluding ortho intramolecular Hbond substituents is 1. The van der Waals surface area contributed by atoms with Gasteiger partial charge in [-0.05, 0) is 50.6 Å². The molecule has 35 heavy (non-hydrogen) atoms. The van der Waals surface area contributed by atoms with Crippen molar-refractivity contribution in [1.29, 1.82) is 0 Å². The molecule has 0 spiro atoms. The fourth-order valence-corrected chi connectivity index (χ4v) is 6.14. The van der Waals surface area contributed by atoms with Crippen molar-refractivity contribution in [3.8, 4) is 5.75 Å². The third-order valence-electron chi connectivity index (χ3n) is 6.90. The number of nitrogens with one attached hydrogen (secondary N) is 1. The van der Waals surface area contributed by atoms with Crippen LogP contribution in [0.1, 0.15) is 22.3 Å². The lowest BCUT2D eigenvalue weighted by molar-refractivity contribution is -0.148. The number of hydrogen-bond donors (Lipinski definition) is 6. The summed E-state index contributed by atoms with van der Waals surface area (Å²) in [5, 5.41) is 43.8. The number of primary amides is 1. The summed E-state index contributed by atoms with van der Waals surface area (Å²) in [6, 6.07) is 1.30. The SMILES string of the molecule is CN(C)[C@@H]1C(O)=C(C(N)=O)C(=O)[C@@]2(O)C(O)=C3C(=O)c4c(O)ccc(NS(C)(=O)=O)c4C[C@H]3C[C@@H]12. The van der Waals surface area contributed by atoms with Crippen LogP contribution in [0.3, 0.4) is 0 Å². The number of aromatic hydroxyl groups is 1. The van der Waals surface area contributed by atoms with Crippen LogP contribution in [0, 0.1) is 11.8 Å². The Hall–Kier alpha value is -3.42. The number of nitrogens with two attached hydrogens (primary N) is 1. The summed E-state index contributed by atoms with van der Waals surface area (Å²) in [6.07, 6.45) is 0.802. The molecule has 4 atom stereocenters. The van der Waals surface area contributed by atoms with E-state index in [2.05, 4.69) is 4.72 Å². The Morgan fingerprint density at radius 3 is 2.37 bits per heavy atom. The van der Waals surface area contributed by atoms with Gasteiger partial charge in [-0.2, -0.15) is 0 Å². The predicted molar refractivity (Wildman–Crippen MR) is 122 cm³/mol. The number of fused-ring (bicyclic) bond motifs is 3. The Balaban J connectivity index is 1.96. The molecule has 3 aliphatic rings. The van der Waals surface area contributed by atoms with E-state index in [1.54, 1.807) is 0 Å². The molecule has 1 amide bonds. The largest absolute Gasteiger partial charge is 0.510 e. The molecule has 1 aromatic rings. The van der Waals surface area contributed by atoms with Crippen molar-refractivity contribution in [2.75, 3.05) is 25.1 Å². The van der Waals surface area contributed by atoms with Gasteiger partial charge in [0, 0.05) is 11.5 Å². The molecule has 0 heterocycles. The lowest BCUT2D eigenvalue weighted by atomic mass is 9.58. The number of hydrogen-bond acceptors (Lipinski definition) is 10. The van der Waals surface area contributed by atoms with Gasteiger partial charge >= 0.3 is 0 Å². The number of rotatable bonds is 4. The number of Topliss-reactive ketones (excluding diaryl/α,β-unsaturated/α-hetero) is 2. The number of allylic oxidation sites excluding steroid dienone is 1. The van der Waals surface area contributed by atoms with Crippen LogP contribution < -0.4 is 10.5 Å². The number of anilines is 1. The zero-order valence-corrected chi connectivity index (χ0v) is 19.9. The molecule has 188 valence electrons. The van der Waals surface area contributed by atoms with Crippen molar-refractivity contribution in [2.24, 2.45) is 17.6 Å². The lowest BCUT2D eigenvalue weighted by Crippen LogP contribution is -2.63. The first-order chi connectivity index (χ1) is 16.1. The number of aliphatic hydroxyl groups excluding tert-OH is 2. The maximum atomic E-state index is 13.5. The van der Waals surface area contributed by atoms with Crippen molar-refractivity contribution in [3.05, 3.63) is 45.9 Å². The number of amides is 1. The third-order valence-corrected chi connectivity index (χ3v) is 7.49. The fraction of sp³-hybridized carbons (Fsp3) is 0.409. The van der Waals surface area contributed by atoms with Crippen LogP contribution in [0.5, 0.6) is 5.75 Å².